The van der Waals surface area contributed by atoms with E-state index in [2.05, 4.69) is 5.32 Å². The average Bonchev–Trinajstić information content (AvgIpc) is 2.28. The molecule has 74 valence electrons. The number of fused-ring (bicyclic) bond motifs is 1. The number of aliphatic hydroxyl groups excluding tert-OH is 1. The fraction of sp³-hybridized carbons (Fsp3) is 0.364. The molecule has 1 unspecified atom stereocenters. The van der Waals surface area contributed by atoms with Gasteiger partial charge in [-0.1, -0.05) is 17.7 Å². The second-order valence-electron chi connectivity index (χ2n) is 3.65. The Kier molecular flexibility index (Phi) is 2.25. The second kappa shape index (κ2) is 3.42. The minimum atomic E-state index is -0.524. The molecule has 2 N–H and O–H groups in total. The number of nitrogens with one attached hydrogen (secondary N) is 1. The molecule has 0 radical (unpaired) electrons. The van der Waals surface area contributed by atoms with E-state index in [0.29, 0.717) is 18.5 Å². The Morgan fingerprint density at radius 2 is 2.29 bits per heavy atom. The van der Waals surface area contributed by atoms with Crippen LogP contribution in [0.15, 0.2) is 18.2 Å². The maximum atomic E-state index is 11.5. The summed E-state index contributed by atoms with van der Waals surface area (Å²) in [7, 11) is 0. The lowest BCUT2D eigenvalue weighted by Gasteiger charge is -2.10. The number of benzene rings is 1. The summed E-state index contributed by atoms with van der Waals surface area (Å²) in [6.45, 7) is 2.49. The first-order valence-corrected chi connectivity index (χ1v) is 4.75. The van der Waals surface area contributed by atoms with Crippen LogP contribution in [0.2, 0.25) is 0 Å². The van der Waals surface area contributed by atoms with Gasteiger partial charge in [0.15, 0.2) is 0 Å². The number of hydrogen-bond acceptors (Lipinski definition) is 2. The number of carbonyl (C=O) groups excluding carboxylic acids is 1. The van der Waals surface area contributed by atoms with Crippen LogP contribution in [-0.2, 0) is 0 Å². The van der Waals surface area contributed by atoms with Crippen LogP contribution in [-0.4, -0.2) is 17.6 Å². The zero-order valence-corrected chi connectivity index (χ0v) is 8.08. The molecule has 0 fully saturated rings. The predicted molar refractivity (Wildman–Crippen MR) is 53.1 cm³/mol. The van der Waals surface area contributed by atoms with E-state index in [0.717, 1.165) is 11.1 Å². The fourth-order valence-corrected chi connectivity index (χ4v) is 1.74. The van der Waals surface area contributed by atoms with Crippen LogP contribution in [0.1, 0.15) is 34.0 Å². The second-order valence-corrected chi connectivity index (χ2v) is 3.65. The van der Waals surface area contributed by atoms with Gasteiger partial charge in [0, 0.05) is 12.1 Å². The van der Waals surface area contributed by atoms with Crippen LogP contribution in [0.25, 0.3) is 0 Å². The van der Waals surface area contributed by atoms with Crippen molar-refractivity contribution in [3.05, 3.63) is 34.9 Å². The highest BCUT2D eigenvalue weighted by molar-refractivity contribution is 5.96. The van der Waals surface area contributed by atoms with Crippen LogP contribution >= 0.6 is 0 Å². The van der Waals surface area contributed by atoms with E-state index in [-0.39, 0.29) is 5.91 Å². The lowest BCUT2D eigenvalue weighted by Crippen LogP contribution is -2.22. The number of aliphatic hydroxyl groups is 1. The molecule has 0 aliphatic carbocycles. The zero-order valence-electron chi connectivity index (χ0n) is 8.08. The highest BCUT2D eigenvalue weighted by Crippen LogP contribution is 2.24. The molecule has 14 heavy (non-hydrogen) atoms. The minimum Gasteiger partial charge on any atom is -0.388 e. The molecule has 0 bridgehead atoms. The molecule has 3 heteroatoms. The number of aryl methyl sites for hydroxylation is 1. The number of carbonyl (C=O) groups is 1. The van der Waals surface area contributed by atoms with E-state index >= 15 is 0 Å². The van der Waals surface area contributed by atoms with Gasteiger partial charge in [-0.2, -0.15) is 0 Å². The first-order chi connectivity index (χ1) is 6.68. The molecule has 1 aromatic rings. The van der Waals surface area contributed by atoms with Gasteiger partial charge in [-0.25, -0.2) is 0 Å². The van der Waals surface area contributed by atoms with E-state index in [4.69, 9.17) is 0 Å². The Labute approximate surface area is 82.8 Å². The molecule has 1 aliphatic rings. The Morgan fingerprint density at radius 1 is 1.50 bits per heavy atom. The van der Waals surface area contributed by atoms with Gasteiger partial charge in [-0.15, -0.1) is 0 Å². The van der Waals surface area contributed by atoms with Crippen LogP contribution in [0, 0.1) is 6.92 Å². The van der Waals surface area contributed by atoms with Crippen LogP contribution in [0.3, 0.4) is 0 Å². The summed E-state index contributed by atoms with van der Waals surface area (Å²) in [5.41, 5.74) is 2.41. The minimum absolute atomic E-state index is 0.0865. The van der Waals surface area contributed by atoms with Gasteiger partial charge in [0.05, 0.1) is 6.10 Å². The summed E-state index contributed by atoms with van der Waals surface area (Å²) in [6.07, 6.45) is 0.0613. The van der Waals surface area contributed by atoms with Gasteiger partial charge in [0.1, 0.15) is 0 Å². The molecular formula is C11H13NO2. The average molecular weight is 191 g/mol. The Morgan fingerprint density at radius 3 is 3.07 bits per heavy atom. The molecule has 1 aromatic carbocycles. The van der Waals surface area contributed by atoms with E-state index in [9.17, 15) is 9.90 Å². The molecule has 0 saturated heterocycles. The molecular weight excluding hydrogens is 178 g/mol. The van der Waals surface area contributed by atoms with E-state index < -0.39 is 6.10 Å². The van der Waals surface area contributed by atoms with Gasteiger partial charge in [-0.05, 0) is 25.0 Å². The third-order valence-corrected chi connectivity index (χ3v) is 2.51. The molecule has 3 nitrogen and oxygen atoms in total. The third-order valence-electron chi connectivity index (χ3n) is 2.51. The monoisotopic (exact) mass is 191 g/mol. The molecule has 1 atom stereocenters. The number of amides is 1. The van der Waals surface area contributed by atoms with Crippen molar-refractivity contribution in [1.82, 2.24) is 5.32 Å². The molecule has 0 aromatic heterocycles. The first kappa shape index (κ1) is 9.21. The first-order valence-electron chi connectivity index (χ1n) is 4.75. The highest BCUT2D eigenvalue weighted by atomic mass is 16.3. The molecule has 0 saturated carbocycles. The summed E-state index contributed by atoms with van der Waals surface area (Å²) in [5, 5.41) is 12.5. The van der Waals surface area contributed by atoms with Gasteiger partial charge in [0.2, 0.25) is 0 Å². The van der Waals surface area contributed by atoms with Crippen molar-refractivity contribution in [2.75, 3.05) is 6.54 Å². The van der Waals surface area contributed by atoms with Gasteiger partial charge in [0.25, 0.3) is 5.91 Å². The molecule has 2 rings (SSSR count). The van der Waals surface area contributed by atoms with Crippen LogP contribution in [0.5, 0.6) is 0 Å². The van der Waals surface area contributed by atoms with Crippen molar-refractivity contribution >= 4 is 5.91 Å². The molecule has 1 amide bonds. The Hall–Kier alpha value is -1.35. The summed E-state index contributed by atoms with van der Waals surface area (Å²) in [6, 6.07) is 5.54. The zero-order chi connectivity index (χ0) is 10.1. The standard InChI is InChI=1S/C11H13NO2/c1-7-2-3-8-9(6-7)10(13)4-5-12-11(8)14/h2-3,6,10,13H,4-5H2,1H3,(H,12,14). The third kappa shape index (κ3) is 1.51. The lowest BCUT2D eigenvalue weighted by atomic mass is 9.99. The van der Waals surface area contributed by atoms with Crippen LogP contribution < -0.4 is 5.32 Å². The summed E-state index contributed by atoms with van der Waals surface area (Å²) < 4.78 is 0. The molecule has 1 aliphatic heterocycles. The van der Waals surface area contributed by atoms with E-state index in [1.165, 1.54) is 0 Å². The summed E-state index contributed by atoms with van der Waals surface area (Å²) in [4.78, 5) is 11.5. The SMILES string of the molecule is Cc1ccc2c(c1)C(O)CCNC2=O. The van der Waals surface area contributed by atoms with E-state index in [1.54, 1.807) is 6.07 Å². The topological polar surface area (TPSA) is 49.3 Å². The lowest BCUT2D eigenvalue weighted by molar-refractivity contribution is 0.0955. The predicted octanol–water partition coefficient (Wildman–Crippen LogP) is 1.16. The Balaban J connectivity index is 2.54. The Bertz CT molecular complexity index is 374. The van der Waals surface area contributed by atoms with Gasteiger partial charge >= 0.3 is 0 Å². The van der Waals surface area contributed by atoms with Crippen molar-refractivity contribution in [3.8, 4) is 0 Å². The number of rotatable bonds is 0. The quantitative estimate of drug-likeness (QED) is 0.646. The molecule has 1 heterocycles. The highest BCUT2D eigenvalue weighted by Gasteiger charge is 2.20. The van der Waals surface area contributed by atoms with Crippen LogP contribution in [0.4, 0.5) is 0 Å². The normalized spacial score (nSPS) is 21.0. The van der Waals surface area contributed by atoms with Gasteiger partial charge < -0.3 is 10.4 Å². The van der Waals surface area contributed by atoms with Crippen molar-refractivity contribution in [2.24, 2.45) is 0 Å². The number of hydrogen-bond donors (Lipinski definition) is 2. The maximum Gasteiger partial charge on any atom is 0.251 e. The van der Waals surface area contributed by atoms with Crippen molar-refractivity contribution in [3.63, 3.8) is 0 Å². The van der Waals surface area contributed by atoms with Crippen molar-refractivity contribution in [1.29, 1.82) is 0 Å². The smallest absolute Gasteiger partial charge is 0.251 e. The summed E-state index contributed by atoms with van der Waals surface area (Å²) in [5.74, 6) is -0.0865. The van der Waals surface area contributed by atoms with Gasteiger partial charge in [-0.3, -0.25) is 4.79 Å². The summed E-state index contributed by atoms with van der Waals surface area (Å²) >= 11 is 0. The molecule has 0 spiro atoms. The van der Waals surface area contributed by atoms with Crippen molar-refractivity contribution < 1.29 is 9.90 Å². The van der Waals surface area contributed by atoms with E-state index in [1.807, 2.05) is 19.1 Å². The fourth-order valence-electron chi connectivity index (χ4n) is 1.74. The van der Waals surface area contributed by atoms with Crippen molar-refractivity contribution in [2.45, 2.75) is 19.4 Å². The largest absolute Gasteiger partial charge is 0.388 e. The maximum absolute atomic E-state index is 11.5.